The monoisotopic (exact) mass is 269 g/mol. The molecule has 1 heterocycles. The number of fused-ring (bicyclic) bond motifs is 1. The number of alkyl halides is 3. The Labute approximate surface area is 108 Å². The summed E-state index contributed by atoms with van der Waals surface area (Å²) < 4.78 is 40.6. The molecular weight excluding hydrogens is 255 g/mol. The molecule has 2 nitrogen and oxygen atoms in total. The Bertz CT molecular complexity index is 680. The van der Waals surface area contributed by atoms with Gasteiger partial charge in [-0.3, -0.25) is 4.79 Å². The van der Waals surface area contributed by atoms with Gasteiger partial charge in [-0.25, -0.2) is 0 Å². The largest absolute Gasteiger partial charge is 0.432 e. The van der Waals surface area contributed by atoms with E-state index in [-0.39, 0.29) is 5.56 Å². The average Bonchev–Trinajstić information content (AvgIpc) is 2.50. The number of aromatic nitrogens is 1. The predicted molar refractivity (Wildman–Crippen MR) is 67.4 cm³/mol. The zero-order chi connectivity index (χ0) is 14.5. The van der Waals surface area contributed by atoms with Gasteiger partial charge in [-0.1, -0.05) is 11.6 Å². The normalized spacial score (nSPS) is 12.2. The fraction of sp³-hybridized carbons (Fsp3) is 0.357. The third kappa shape index (κ3) is 2.03. The summed E-state index contributed by atoms with van der Waals surface area (Å²) in [6.45, 7) is 4.72. The number of benzene rings is 1. The first-order valence-electron chi connectivity index (χ1n) is 5.82. The number of Topliss-reactive ketones (excluding diaryl/α,β-unsaturated/α-hetero) is 1. The van der Waals surface area contributed by atoms with E-state index in [2.05, 4.69) is 0 Å². The van der Waals surface area contributed by atoms with E-state index in [1.165, 1.54) is 14.0 Å². The molecule has 1 aromatic carbocycles. The first kappa shape index (κ1) is 13.6. The van der Waals surface area contributed by atoms with E-state index in [1.54, 1.807) is 19.9 Å². The molecule has 0 N–H and O–H groups in total. The topological polar surface area (TPSA) is 22.0 Å². The molecule has 0 radical (unpaired) electrons. The summed E-state index contributed by atoms with van der Waals surface area (Å²) in [6.07, 6.45) is -4.55. The van der Waals surface area contributed by atoms with Crippen LogP contribution in [0.2, 0.25) is 0 Å². The molecule has 2 rings (SSSR count). The second-order valence-electron chi connectivity index (χ2n) is 4.81. The van der Waals surface area contributed by atoms with Crippen LogP contribution in [-0.4, -0.2) is 10.4 Å². The van der Waals surface area contributed by atoms with Crippen LogP contribution in [0.25, 0.3) is 10.9 Å². The highest BCUT2D eigenvalue weighted by atomic mass is 19.4. The Hall–Kier alpha value is -1.78. The molecular formula is C14H14F3NO. The maximum Gasteiger partial charge on any atom is 0.432 e. The lowest BCUT2D eigenvalue weighted by Crippen LogP contribution is -2.15. The maximum atomic E-state index is 13.2. The zero-order valence-corrected chi connectivity index (χ0v) is 11.1. The van der Waals surface area contributed by atoms with Crippen molar-refractivity contribution in [3.05, 3.63) is 34.5 Å². The minimum atomic E-state index is -4.55. The summed E-state index contributed by atoms with van der Waals surface area (Å²) in [7, 11) is 1.35. The molecule has 0 unspecified atom stereocenters. The van der Waals surface area contributed by atoms with Crippen molar-refractivity contribution in [1.29, 1.82) is 0 Å². The van der Waals surface area contributed by atoms with Gasteiger partial charge >= 0.3 is 6.18 Å². The lowest BCUT2D eigenvalue weighted by Gasteiger charge is -2.10. The van der Waals surface area contributed by atoms with Crippen molar-refractivity contribution in [3.8, 4) is 0 Å². The van der Waals surface area contributed by atoms with Gasteiger partial charge in [-0.05, 0) is 32.4 Å². The fourth-order valence-electron chi connectivity index (χ4n) is 2.69. The van der Waals surface area contributed by atoms with Crippen LogP contribution >= 0.6 is 0 Å². The number of hydrogen-bond acceptors (Lipinski definition) is 1. The van der Waals surface area contributed by atoms with Crippen LogP contribution in [0.15, 0.2) is 12.1 Å². The SMILES string of the molecule is CC(=O)c1c(C(F)(F)F)n(C)c2c(C)cc(C)cc12. The van der Waals surface area contributed by atoms with Crippen molar-refractivity contribution in [3.63, 3.8) is 0 Å². The number of ketones is 1. The Kier molecular flexibility index (Phi) is 2.96. The average molecular weight is 269 g/mol. The Morgan fingerprint density at radius 3 is 2.26 bits per heavy atom. The van der Waals surface area contributed by atoms with Crippen LogP contribution in [-0.2, 0) is 13.2 Å². The van der Waals surface area contributed by atoms with Crippen LogP contribution < -0.4 is 0 Å². The summed E-state index contributed by atoms with van der Waals surface area (Å²) in [5.41, 5.74) is 0.922. The van der Waals surface area contributed by atoms with Crippen LogP contribution in [0.3, 0.4) is 0 Å². The second kappa shape index (κ2) is 4.11. The van der Waals surface area contributed by atoms with E-state index in [9.17, 15) is 18.0 Å². The van der Waals surface area contributed by atoms with E-state index in [0.717, 1.165) is 15.7 Å². The lowest BCUT2D eigenvalue weighted by atomic mass is 10.0. The predicted octanol–water partition coefficient (Wildman–Crippen LogP) is 4.02. The molecule has 0 saturated carbocycles. The quantitative estimate of drug-likeness (QED) is 0.717. The molecule has 1 aromatic heterocycles. The fourth-order valence-corrected chi connectivity index (χ4v) is 2.69. The van der Waals surface area contributed by atoms with Crippen LogP contribution in [0.1, 0.15) is 34.1 Å². The van der Waals surface area contributed by atoms with E-state index in [4.69, 9.17) is 0 Å². The molecule has 0 aliphatic rings. The van der Waals surface area contributed by atoms with Crippen molar-refractivity contribution < 1.29 is 18.0 Å². The third-order valence-electron chi connectivity index (χ3n) is 3.24. The van der Waals surface area contributed by atoms with E-state index >= 15 is 0 Å². The summed E-state index contributed by atoms with van der Waals surface area (Å²) in [5, 5.41) is 0.375. The van der Waals surface area contributed by atoms with Crippen molar-refractivity contribution in [1.82, 2.24) is 4.57 Å². The molecule has 0 spiro atoms. The number of rotatable bonds is 1. The molecule has 0 bridgehead atoms. The zero-order valence-electron chi connectivity index (χ0n) is 11.1. The van der Waals surface area contributed by atoms with Gasteiger partial charge in [0.2, 0.25) is 0 Å². The highest BCUT2D eigenvalue weighted by molar-refractivity contribution is 6.09. The van der Waals surface area contributed by atoms with Gasteiger partial charge in [0.25, 0.3) is 0 Å². The van der Waals surface area contributed by atoms with Crippen LogP contribution in [0.5, 0.6) is 0 Å². The molecule has 0 aliphatic carbocycles. The molecule has 0 saturated heterocycles. The highest BCUT2D eigenvalue weighted by Gasteiger charge is 2.39. The summed E-state index contributed by atoms with van der Waals surface area (Å²) in [4.78, 5) is 11.6. The molecule has 0 atom stereocenters. The van der Waals surface area contributed by atoms with Gasteiger partial charge in [-0.15, -0.1) is 0 Å². The first-order chi connectivity index (χ1) is 8.64. The van der Waals surface area contributed by atoms with E-state index < -0.39 is 17.7 Å². The Morgan fingerprint density at radius 1 is 1.21 bits per heavy atom. The van der Waals surface area contributed by atoms with Crippen molar-refractivity contribution in [2.45, 2.75) is 26.9 Å². The molecule has 0 aliphatic heterocycles. The molecule has 102 valence electrons. The van der Waals surface area contributed by atoms with Gasteiger partial charge in [0.1, 0.15) is 5.69 Å². The van der Waals surface area contributed by atoms with Crippen molar-refractivity contribution in [2.24, 2.45) is 7.05 Å². The summed E-state index contributed by atoms with van der Waals surface area (Å²) in [5.74, 6) is -0.567. The summed E-state index contributed by atoms with van der Waals surface area (Å²) in [6, 6.07) is 3.45. The second-order valence-corrected chi connectivity index (χ2v) is 4.81. The van der Waals surface area contributed by atoms with Gasteiger partial charge in [0.15, 0.2) is 5.78 Å². The number of carbonyl (C=O) groups is 1. The Balaban J connectivity index is 3.05. The lowest BCUT2D eigenvalue weighted by molar-refractivity contribution is -0.143. The number of halogens is 3. The van der Waals surface area contributed by atoms with Crippen molar-refractivity contribution >= 4 is 16.7 Å². The first-order valence-corrected chi connectivity index (χ1v) is 5.82. The number of carbonyl (C=O) groups excluding carboxylic acids is 1. The van der Waals surface area contributed by atoms with E-state index in [1.807, 2.05) is 6.07 Å². The molecule has 0 fully saturated rings. The van der Waals surface area contributed by atoms with Crippen LogP contribution in [0, 0.1) is 13.8 Å². The van der Waals surface area contributed by atoms with Gasteiger partial charge < -0.3 is 4.57 Å². The molecule has 0 amide bonds. The van der Waals surface area contributed by atoms with Gasteiger partial charge in [-0.2, -0.15) is 13.2 Å². The standard InChI is InChI=1S/C14H14F3NO/c1-7-5-8(2)12-10(6-7)11(9(3)19)13(18(12)4)14(15,16)17/h5-6H,1-4H3. The highest BCUT2D eigenvalue weighted by Crippen LogP contribution is 2.39. The minimum Gasteiger partial charge on any atom is -0.339 e. The Morgan fingerprint density at radius 2 is 1.79 bits per heavy atom. The number of hydrogen-bond donors (Lipinski definition) is 0. The van der Waals surface area contributed by atoms with Crippen LogP contribution in [0.4, 0.5) is 13.2 Å². The van der Waals surface area contributed by atoms with Crippen molar-refractivity contribution in [2.75, 3.05) is 0 Å². The van der Waals surface area contributed by atoms with Gasteiger partial charge in [0, 0.05) is 12.4 Å². The van der Waals surface area contributed by atoms with E-state index in [0.29, 0.717) is 10.9 Å². The minimum absolute atomic E-state index is 0.239. The molecule has 2 aromatic rings. The summed E-state index contributed by atoms with van der Waals surface area (Å²) >= 11 is 0. The molecule has 5 heteroatoms. The molecule has 19 heavy (non-hydrogen) atoms. The van der Waals surface area contributed by atoms with Gasteiger partial charge in [0.05, 0.1) is 11.1 Å². The smallest absolute Gasteiger partial charge is 0.339 e. The number of nitrogens with zero attached hydrogens (tertiary/aromatic N) is 1. The maximum absolute atomic E-state index is 13.2. The number of aryl methyl sites for hydroxylation is 3. The third-order valence-corrected chi connectivity index (χ3v) is 3.24.